The minimum atomic E-state index is 0.132. The van der Waals surface area contributed by atoms with Crippen LogP contribution in [-0.4, -0.2) is 35.8 Å². The van der Waals surface area contributed by atoms with Crippen molar-refractivity contribution in [3.63, 3.8) is 0 Å². The summed E-state index contributed by atoms with van der Waals surface area (Å²) in [6.07, 6.45) is 16.3. The molecule has 0 spiro atoms. The molecule has 2 amide bonds. The molecule has 0 aromatic carbocycles. The van der Waals surface area contributed by atoms with E-state index in [0.29, 0.717) is 25.4 Å². The number of hydrogen-bond acceptors (Lipinski definition) is 2. The Hall–Kier alpha value is -1.06. The highest BCUT2D eigenvalue weighted by molar-refractivity contribution is 5.79. The molecule has 0 radical (unpaired) electrons. The molecule has 1 heterocycles. The molecule has 0 aromatic heterocycles. The maximum Gasteiger partial charge on any atom is 0.224 e. The van der Waals surface area contributed by atoms with Gasteiger partial charge in [0.05, 0.1) is 0 Å². The van der Waals surface area contributed by atoms with Crippen molar-refractivity contribution in [2.75, 3.05) is 13.1 Å². The Balaban J connectivity index is 1.33. The molecule has 1 saturated heterocycles. The van der Waals surface area contributed by atoms with Gasteiger partial charge in [0, 0.05) is 32.0 Å². The van der Waals surface area contributed by atoms with Crippen LogP contribution in [0.4, 0.5) is 0 Å². The van der Waals surface area contributed by atoms with Crippen molar-refractivity contribution in [2.24, 2.45) is 11.8 Å². The van der Waals surface area contributed by atoms with Gasteiger partial charge < -0.3 is 10.2 Å². The lowest BCUT2D eigenvalue weighted by molar-refractivity contribution is -0.137. The predicted molar refractivity (Wildman–Crippen MR) is 100 cm³/mol. The number of carbonyl (C=O) groups is 2. The van der Waals surface area contributed by atoms with E-state index in [4.69, 9.17) is 0 Å². The number of likely N-dealkylation sites (tertiary alicyclic amines) is 1. The summed E-state index contributed by atoms with van der Waals surface area (Å²) < 4.78 is 0. The molecule has 142 valence electrons. The first kappa shape index (κ1) is 18.7. The molecule has 2 saturated carbocycles. The molecule has 4 heteroatoms. The van der Waals surface area contributed by atoms with E-state index < -0.39 is 0 Å². The topological polar surface area (TPSA) is 49.4 Å². The molecule has 3 rings (SSSR count). The third kappa shape index (κ3) is 5.46. The maximum absolute atomic E-state index is 12.6. The largest absolute Gasteiger partial charge is 0.356 e. The van der Waals surface area contributed by atoms with Crippen LogP contribution in [0, 0.1) is 11.8 Å². The molecular weight excluding hydrogens is 312 g/mol. The van der Waals surface area contributed by atoms with Gasteiger partial charge in [-0.05, 0) is 43.9 Å². The number of amides is 2. The second kappa shape index (κ2) is 9.59. The average molecular weight is 349 g/mol. The Morgan fingerprint density at radius 1 is 0.840 bits per heavy atom. The normalized spacial score (nSPS) is 27.6. The first-order valence-corrected chi connectivity index (χ1v) is 10.8. The average Bonchev–Trinajstić information content (AvgIpc) is 2.66. The number of fused-ring (bicyclic) bond motifs is 1. The van der Waals surface area contributed by atoms with Crippen LogP contribution in [0.25, 0.3) is 0 Å². The van der Waals surface area contributed by atoms with Gasteiger partial charge in [-0.1, -0.05) is 44.9 Å². The van der Waals surface area contributed by atoms with Gasteiger partial charge in [0.15, 0.2) is 0 Å². The molecule has 3 aliphatic rings. The molecule has 0 aromatic rings. The minimum Gasteiger partial charge on any atom is -0.356 e. The van der Waals surface area contributed by atoms with Gasteiger partial charge in [0.1, 0.15) is 0 Å². The zero-order valence-electron chi connectivity index (χ0n) is 15.8. The summed E-state index contributed by atoms with van der Waals surface area (Å²) in [5.41, 5.74) is 0. The Kier molecular flexibility index (Phi) is 7.18. The Labute approximate surface area is 153 Å². The fourth-order valence-corrected chi connectivity index (χ4v) is 5.29. The molecular formula is C21H36N2O2. The van der Waals surface area contributed by atoms with Gasteiger partial charge in [-0.2, -0.15) is 0 Å². The fourth-order valence-electron chi connectivity index (χ4n) is 5.29. The molecule has 25 heavy (non-hydrogen) atoms. The second-order valence-corrected chi connectivity index (χ2v) is 8.48. The van der Waals surface area contributed by atoms with Gasteiger partial charge in [-0.25, -0.2) is 0 Å². The second-order valence-electron chi connectivity index (χ2n) is 8.48. The summed E-state index contributed by atoms with van der Waals surface area (Å²) in [5.74, 6) is 1.87. The van der Waals surface area contributed by atoms with E-state index in [9.17, 15) is 9.59 Å². The van der Waals surface area contributed by atoms with Crippen molar-refractivity contribution in [1.82, 2.24) is 10.2 Å². The summed E-state index contributed by atoms with van der Waals surface area (Å²) in [6.45, 7) is 1.44. The number of nitrogens with one attached hydrogen (secondary N) is 1. The lowest BCUT2D eigenvalue weighted by Crippen LogP contribution is -2.50. The van der Waals surface area contributed by atoms with Crippen molar-refractivity contribution in [3.05, 3.63) is 0 Å². The molecule has 1 N–H and O–H groups in total. The first-order valence-electron chi connectivity index (χ1n) is 10.8. The molecule has 1 aliphatic heterocycles. The van der Waals surface area contributed by atoms with Crippen LogP contribution in [0.2, 0.25) is 0 Å². The highest BCUT2D eigenvalue weighted by Crippen LogP contribution is 2.35. The van der Waals surface area contributed by atoms with E-state index in [0.717, 1.165) is 31.2 Å². The monoisotopic (exact) mass is 348 g/mol. The van der Waals surface area contributed by atoms with Crippen molar-refractivity contribution in [3.8, 4) is 0 Å². The van der Waals surface area contributed by atoms with Crippen LogP contribution >= 0.6 is 0 Å². The molecule has 2 unspecified atom stereocenters. The van der Waals surface area contributed by atoms with E-state index in [2.05, 4.69) is 10.2 Å². The first-order chi connectivity index (χ1) is 12.2. The van der Waals surface area contributed by atoms with Crippen LogP contribution < -0.4 is 5.32 Å². The number of nitrogens with zero attached hydrogens (tertiary/aromatic N) is 1. The standard InChI is InChI=1S/C21H36N2O2/c24-20(13-12-17-7-2-1-3-8-17)22-15-14-21(25)23-16-6-10-18-9-4-5-11-19(18)23/h17-19H,1-16H2,(H,22,24). The van der Waals surface area contributed by atoms with E-state index in [1.54, 1.807) is 0 Å². The number of carbonyl (C=O) groups excluding carboxylic acids is 2. The lowest BCUT2D eigenvalue weighted by atomic mass is 9.78. The van der Waals surface area contributed by atoms with Gasteiger partial charge in [0.2, 0.25) is 11.8 Å². The van der Waals surface area contributed by atoms with Gasteiger partial charge in [-0.15, -0.1) is 0 Å². The van der Waals surface area contributed by atoms with Gasteiger partial charge in [-0.3, -0.25) is 9.59 Å². The summed E-state index contributed by atoms with van der Waals surface area (Å²) in [5, 5.41) is 2.98. The molecule has 0 bridgehead atoms. The molecule has 2 aliphatic carbocycles. The maximum atomic E-state index is 12.6. The molecule has 3 fully saturated rings. The zero-order valence-corrected chi connectivity index (χ0v) is 15.8. The van der Waals surface area contributed by atoms with Crippen LogP contribution in [-0.2, 0) is 9.59 Å². The van der Waals surface area contributed by atoms with Crippen molar-refractivity contribution >= 4 is 11.8 Å². The van der Waals surface area contributed by atoms with Gasteiger partial charge in [0.25, 0.3) is 0 Å². The SMILES string of the molecule is O=C(CCC1CCCCC1)NCCC(=O)N1CCCC2CCCCC21. The van der Waals surface area contributed by atoms with Crippen molar-refractivity contribution in [2.45, 2.75) is 95.9 Å². The Bertz CT molecular complexity index is 443. The molecule has 2 atom stereocenters. The van der Waals surface area contributed by atoms with E-state index in [1.807, 2.05) is 0 Å². The van der Waals surface area contributed by atoms with E-state index >= 15 is 0 Å². The highest BCUT2D eigenvalue weighted by atomic mass is 16.2. The Morgan fingerprint density at radius 2 is 1.56 bits per heavy atom. The van der Waals surface area contributed by atoms with E-state index in [1.165, 1.54) is 64.2 Å². The zero-order chi connectivity index (χ0) is 17.5. The van der Waals surface area contributed by atoms with Crippen LogP contribution in [0.3, 0.4) is 0 Å². The van der Waals surface area contributed by atoms with Crippen molar-refractivity contribution < 1.29 is 9.59 Å². The summed E-state index contributed by atoms with van der Waals surface area (Å²) in [6, 6.07) is 0.483. The lowest BCUT2D eigenvalue weighted by Gasteiger charge is -2.44. The summed E-state index contributed by atoms with van der Waals surface area (Å²) in [4.78, 5) is 26.8. The third-order valence-electron chi connectivity index (χ3n) is 6.73. The Morgan fingerprint density at radius 3 is 2.40 bits per heavy atom. The highest BCUT2D eigenvalue weighted by Gasteiger charge is 2.35. The van der Waals surface area contributed by atoms with Crippen LogP contribution in [0.5, 0.6) is 0 Å². The van der Waals surface area contributed by atoms with E-state index in [-0.39, 0.29) is 11.8 Å². The minimum absolute atomic E-state index is 0.132. The van der Waals surface area contributed by atoms with Crippen LogP contribution in [0.15, 0.2) is 0 Å². The summed E-state index contributed by atoms with van der Waals surface area (Å²) in [7, 11) is 0. The molecule has 4 nitrogen and oxygen atoms in total. The smallest absolute Gasteiger partial charge is 0.224 e. The number of piperidine rings is 1. The number of rotatable bonds is 6. The third-order valence-corrected chi connectivity index (χ3v) is 6.73. The fraction of sp³-hybridized carbons (Fsp3) is 0.905. The van der Waals surface area contributed by atoms with Crippen LogP contribution in [0.1, 0.15) is 89.9 Å². The van der Waals surface area contributed by atoms with Gasteiger partial charge >= 0.3 is 0 Å². The van der Waals surface area contributed by atoms with Crippen molar-refractivity contribution in [1.29, 1.82) is 0 Å². The quantitative estimate of drug-likeness (QED) is 0.788. The predicted octanol–water partition coefficient (Wildman–Crippen LogP) is 4.03. The summed E-state index contributed by atoms with van der Waals surface area (Å²) >= 11 is 0. The number of hydrogen-bond donors (Lipinski definition) is 1.